The molecule has 1 aromatic carbocycles. The number of hydrogen-bond donors (Lipinski definition) is 2. The maximum atomic E-state index is 13.4. The van der Waals surface area contributed by atoms with Gasteiger partial charge in [0.25, 0.3) is 0 Å². The van der Waals surface area contributed by atoms with Crippen LogP contribution in [-0.2, 0) is 23.3 Å². The maximum absolute atomic E-state index is 13.4. The summed E-state index contributed by atoms with van der Waals surface area (Å²) < 4.78 is 2.26. The molecule has 2 aromatic heterocycles. The van der Waals surface area contributed by atoms with Gasteiger partial charge in [-0.25, -0.2) is 0 Å². The molecule has 1 amide bonds. The Morgan fingerprint density at radius 2 is 2.00 bits per heavy atom. The van der Waals surface area contributed by atoms with Crippen LogP contribution in [0, 0.1) is 0 Å². The minimum absolute atomic E-state index is 0.122. The van der Waals surface area contributed by atoms with Gasteiger partial charge in [0.05, 0.1) is 35.5 Å². The molecule has 2 aliphatic rings. The number of aliphatic hydroxyl groups excluding tert-OH is 1. The number of rotatable bonds is 8. The van der Waals surface area contributed by atoms with E-state index >= 15 is 0 Å². The highest BCUT2D eigenvalue weighted by Crippen LogP contribution is 2.59. The number of benzene rings is 1. The topological polar surface area (TPSA) is 70.4 Å². The maximum Gasteiger partial charge on any atom is 0.238 e. The number of carbonyl (C=O) groups is 1. The highest BCUT2D eigenvalue weighted by atomic mass is 35.5. The summed E-state index contributed by atoms with van der Waals surface area (Å²) in [6, 6.07) is 8.00. The standard InChI is InChI=1S/C23H24Cl2N4O2/c24-16-2-3-19-15(10-16)11-17(28(19)8-1-6-26-7-9-30)14-29-20-13-27-12-18(25)21(20)23(4-5-23)22(29)31/h2-3,10-13,26,30H,1,4-9,14H2. The molecule has 0 bridgehead atoms. The van der Waals surface area contributed by atoms with E-state index < -0.39 is 5.41 Å². The molecular weight excluding hydrogens is 435 g/mol. The largest absolute Gasteiger partial charge is 0.395 e. The van der Waals surface area contributed by atoms with Crippen LogP contribution in [0.2, 0.25) is 10.0 Å². The van der Waals surface area contributed by atoms with Gasteiger partial charge in [0.15, 0.2) is 0 Å². The fourth-order valence-corrected chi connectivity index (χ4v) is 5.26. The summed E-state index contributed by atoms with van der Waals surface area (Å²) in [6.45, 7) is 2.79. The summed E-state index contributed by atoms with van der Waals surface area (Å²) in [4.78, 5) is 19.5. The van der Waals surface area contributed by atoms with Crippen molar-refractivity contribution in [3.8, 4) is 0 Å². The Bertz CT molecular complexity index is 1160. The normalized spacial score (nSPS) is 16.5. The van der Waals surface area contributed by atoms with E-state index in [1.54, 1.807) is 12.4 Å². The fraction of sp³-hybridized carbons (Fsp3) is 0.391. The van der Waals surface area contributed by atoms with Crippen molar-refractivity contribution in [2.75, 3.05) is 24.6 Å². The Morgan fingerprint density at radius 3 is 2.77 bits per heavy atom. The number of aromatic nitrogens is 2. The third-order valence-corrected chi connectivity index (χ3v) is 6.87. The predicted molar refractivity (Wildman–Crippen MR) is 123 cm³/mol. The molecule has 0 unspecified atom stereocenters. The molecule has 3 heterocycles. The Labute approximate surface area is 190 Å². The van der Waals surface area contributed by atoms with Gasteiger partial charge < -0.3 is 19.9 Å². The summed E-state index contributed by atoms with van der Waals surface area (Å²) in [5.41, 5.74) is 3.46. The molecule has 0 saturated heterocycles. The van der Waals surface area contributed by atoms with Gasteiger partial charge in [-0.2, -0.15) is 0 Å². The van der Waals surface area contributed by atoms with Crippen LogP contribution in [0.4, 0.5) is 5.69 Å². The lowest BCUT2D eigenvalue weighted by Gasteiger charge is -2.20. The lowest BCUT2D eigenvalue weighted by molar-refractivity contribution is -0.120. The van der Waals surface area contributed by atoms with Crippen LogP contribution in [0.15, 0.2) is 36.7 Å². The number of fused-ring (bicyclic) bond motifs is 3. The van der Waals surface area contributed by atoms with Crippen molar-refractivity contribution in [1.29, 1.82) is 0 Å². The van der Waals surface area contributed by atoms with Crippen molar-refractivity contribution in [3.63, 3.8) is 0 Å². The van der Waals surface area contributed by atoms with Gasteiger partial charge >= 0.3 is 0 Å². The lowest BCUT2D eigenvalue weighted by Crippen LogP contribution is -2.32. The van der Waals surface area contributed by atoms with E-state index in [2.05, 4.69) is 20.9 Å². The van der Waals surface area contributed by atoms with Crippen LogP contribution in [0.25, 0.3) is 10.9 Å². The molecule has 5 rings (SSSR count). The molecule has 1 fully saturated rings. The third kappa shape index (κ3) is 3.52. The zero-order valence-corrected chi connectivity index (χ0v) is 18.6. The van der Waals surface area contributed by atoms with Crippen molar-refractivity contribution in [1.82, 2.24) is 14.9 Å². The monoisotopic (exact) mass is 458 g/mol. The average molecular weight is 459 g/mol. The summed E-state index contributed by atoms with van der Waals surface area (Å²) >= 11 is 12.7. The second kappa shape index (κ2) is 8.10. The molecule has 31 heavy (non-hydrogen) atoms. The first-order valence-electron chi connectivity index (χ1n) is 10.6. The summed E-state index contributed by atoms with van der Waals surface area (Å²) in [7, 11) is 0. The van der Waals surface area contributed by atoms with E-state index in [1.807, 2.05) is 23.1 Å². The molecule has 1 aliphatic heterocycles. The van der Waals surface area contributed by atoms with Crippen LogP contribution in [-0.4, -0.2) is 40.3 Å². The molecular formula is C23H24Cl2N4O2. The number of aliphatic hydroxyl groups is 1. The average Bonchev–Trinajstić information content (AvgIpc) is 3.43. The number of pyridine rings is 1. The van der Waals surface area contributed by atoms with E-state index in [1.165, 1.54) is 0 Å². The zero-order chi connectivity index (χ0) is 21.6. The molecule has 1 spiro atoms. The van der Waals surface area contributed by atoms with Gasteiger partial charge in [0.2, 0.25) is 5.91 Å². The van der Waals surface area contributed by atoms with Crippen LogP contribution in [0.1, 0.15) is 30.5 Å². The number of amides is 1. The molecule has 1 aliphatic carbocycles. The van der Waals surface area contributed by atoms with Gasteiger partial charge in [-0.05, 0) is 50.1 Å². The van der Waals surface area contributed by atoms with E-state index in [9.17, 15) is 4.79 Å². The van der Waals surface area contributed by atoms with Crippen molar-refractivity contribution < 1.29 is 9.90 Å². The van der Waals surface area contributed by atoms with Gasteiger partial charge in [-0.1, -0.05) is 23.2 Å². The Morgan fingerprint density at radius 1 is 1.16 bits per heavy atom. The lowest BCUT2D eigenvalue weighted by atomic mass is 9.99. The number of aryl methyl sites for hydroxylation is 1. The van der Waals surface area contributed by atoms with Gasteiger partial charge in [-0.15, -0.1) is 0 Å². The molecule has 0 radical (unpaired) electrons. The first-order valence-corrected chi connectivity index (χ1v) is 11.4. The first-order chi connectivity index (χ1) is 15.0. The second-order valence-electron chi connectivity index (χ2n) is 8.31. The Hall–Kier alpha value is -2.12. The van der Waals surface area contributed by atoms with Crippen molar-refractivity contribution in [3.05, 3.63) is 58.0 Å². The number of anilines is 1. The van der Waals surface area contributed by atoms with Crippen molar-refractivity contribution >= 4 is 45.7 Å². The third-order valence-electron chi connectivity index (χ3n) is 6.35. The summed E-state index contributed by atoms with van der Waals surface area (Å²) in [5, 5.41) is 14.5. The van der Waals surface area contributed by atoms with Crippen LogP contribution in [0.3, 0.4) is 0 Å². The fourth-order valence-electron chi connectivity index (χ4n) is 4.75. The van der Waals surface area contributed by atoms with Gasteiger partial charge in [0.1, 0.15) is 0 Å². The zero-order valence-electron chi connectivity index (χ0n) is 17.1. The van der Waals surface area contributed by atoms with Crippen LogP contribution in [0.5, 0.6) is 0 Å². The Balaban J connectivity index is 1.48. The van der Waals surface area contributed by atoms with Crippen LogP contribution < -0.4 is 10.2 Å². The quantitative estimate of drug-likeness (QED) is 0.502. The van der Waals surface area contributed by atoms with E-state index in [4.69, 9.17) is 28.3 Å². The number of nitrogens with one attached hydrogen (secondary N) is 1. The minimum Gasteiger partial charge on any atom is -0.395 e. The SMILES string of the molecule is O=C1N(Cc2cc3cc(Cl)ccc3n2CCCNCCO)c2cncc(Cl)c2C12CC2. The molecule has 0 atom stereocenters. The second-order valence-corrected chi connectivity index (χ2v) is 9.15. The van der Waals surface area contributed by atoms with Gasteiger partial charge in [0, 0.05) is 46.5 Å². The van der Waals surface area contributed by atoms with Crippen molar-refractivity contribution in [2.45, 2.75) is 37.8 Å². The van der Waals surface area contributed by atoms with Crippen molar-refractivity contribution in [2.24, 2.45) is 0 Å². The molecule has 1 saturated carbocycles. The highest BCUT2D eigenvalue weighted by Gasteiger charge is 2.60. The molecule has 2 N–H and O–H groups in total. The molecule has 162 valence electrons. The van der Waals surface area contributed by atoms with E-state index in [0.29, 0.717) is 23.1 Å². The number of carbonyl (C=O) groups excluding carboxylic acids is 1. The number of nitrogens with zero attached hydrogens (tertiary/aromatic N) is 3. The summed E-state index contributed by atoms with van der Waals surface area (Å²) in [5.74, 6) is 0.122. The van der Waals surface area contributed by atoms with Crippen LogP contribution >= 0.6 is 23.2 Å². The number of halogens is 2. The summed E-state index contributed by atoms with van der Waals surface area (Å²) in [6.07, 6.45) is 5.98. The highest BCUT2D eigenvalue weighted by molar-refractivity contribution is 6.33. The molecule has 6 nitrogen and oxygen atoms in total. The smallest absolute Gasteiger partial charge is 0.238 e. The number of hydrogen-bond acceptors (Lipinski definition) is 4. The van der Waals surface area contributed by atoms with E-state index in [0.717, 1.165) is 60.2 Å². The van der Waals surface area contributed by atoms with E-state index in [-0.39, 0.29) is 12.5 Å². The Kier molecular flexibility index (Phi) is 5.42. The predicted octanol–water partition coefficient (Wildman–Crippen LogP) is 3.89. The minimum atomic E-state index is -0.455. The first kappa shape index (κ1) is 20.8. The molecule has 8 heteroatoms. The molecule has 3 aromatic rings. The van der Waals surface area contributed by atoms with Gasteiger partial charge in [-0.3, -0.25) is 9.78 Å².